The van der Waals surface area contributed by atoms with Crippen molar-refractivity contribution in [3.8, 4) is 11.8 Å². The summed E-state index contributed by atoms with van der Waals surface area (Å²) >= 11 is 0. The lowest BCUT2D eigenvalue weighted by Gasteiger charge is -2.29. The summed E-state index contributed by atoms with van der Waals surface area (Å²) < 4.78 is 0. The summed E-state index contributed by atoms with van der Waals surface area (Å²) in [6, 6.07) is 0. The van der Waals surface area contributed by atoms with Crippen molar-refractivity contribution < 1.29 is 20.3 Å². The Kier molecular flexibility index (Phi) is 4.05. The van der Waals surface area contributed by atoms with Crippen LogP contribution in [0.2, 0.25) is 0 Å². The van der Waals surface area contributed by atoms with Crippen molar-refractivity contribution in [1.29, 1.82) is 0 Å². The van der Waals surface area contributed by atoms with Crippen LogP contribution in [0.3, 0.4) is 0 Å². The Hall–Kier alpha value is -0.600. The van der Waals surface area contributed by atoms with Crippen LogP contribution in [-0.2, 0) is 9.78 Å². The van der Waals surface area contributed by atoms with Crippen LogP contribution >= 0.6 is 0 Å². The van der Waals surface area contributed by atoms with Gasteiger partial charge in [0, 0.05) is 0 Å². The highest BCUT2D eigenvalue weighted by Crippen LogP contribution is 2.34. The Morgan fingerprint density at radius 2 is 1.00 bits per heavy atom. The van der Waals surface area contributed by atoms with E-state index in [0.717, 1.165) is 57.8 Å². The first-order valence-electron chi connectivity index (χ1n) is 6.44. The molecule has 0 radical (unpaired) electrons. The summed E-state index contributed by atoms with van der Waals surface area (Å²) in [7, 11) is 0. The maximum absolute atomic E-state index is 9.07. The maximum Gasteiger partial charge on any atom is 0.163 e. The fourth-order valence-corrected chi connectivity index (χ4v) is 2.78. The van der Waals surface area contributed by atoms with Gasteiger partial charge in [0.15, 0.2) is 11.2 Å². The zero-order valence-corrected chi connectivity index (χ0v) is 10.1. The molecule has 4 heteroatoms. The SMILES string of the molecule is OOC1(C#CC2(OO)CCCC2)CCCCC1. The molecule has 2 rings (SSSR count). The van der Waals surface area contributed by atoms with Gasteiger partial charge in [0.1, 0.15) is 0 Å². The lowest BCUT2D eigenvalue weighted by Crippen LogP contribution is -2.34. The molecule has 17 heavy (non-hydrogen) atoms. The molecule has 0 spiro atoms. The van der Waals surface area contributed by atoms with E-state index in [1.54, 1.807) is 0 Å². The number of hydrogen-bond acceptors (Lipinski definition) is 4. The summed E-state index contributed by atoms with van der Waals surface area (Å²) in [6.07, 6.45) is 8.22. The Labute approximate surface area is 102 Å². The molecule has 2 saturated carbocycles. The van der Waals surface area contributed by atoms with Gasteiger partial charge in [0.05, 0.1) is 0 Å². The van der Waals surface area contributed by atoms with E-state index in [2.05, 4.69) is 21.6 Å². The van der Waals surface area contributed by atoms with Gasteiger partial charge in [0.25, 0.3) is 0 Å². The smallest absolute Gasteiger partial charge is 0.163 e. The molecule has 0 amide bonds. The number of rotatable bonds is 2. The van der Waals surface area contributed by atoms with Crippen LogP contribution < -0.4 is 0 Å². The second-order valence-electron chi connectivity index (χ2n) is 5.19. The summed E-state index contributed by atoms with van der Waals surface area (Å²) in [5.74, 6) is 6.01. The quantitative estimate of drug-likeness (QED) is 0.442. The third kappa shape index (κ3) is 2.80. The molecule has 0 aromatic rings. The van der Waals surface area contributed by atoms with E-state index in [1.807, 2.05) is 0 Å². The summed E-state index contributed by atoms with van der Waals surface area (Å²) in [5, 5.41) is 18.1. The molecule has 0 aliphatic heterocycles. The highest BCUT2D eigenvalue weighted by Gasteiger charge is 2.36. The zero-order chi connectivity index (χ0) is 12.2. The van der Waals surface area contributed by atoms with Gasteiger partial charge in [-0.1, -0.05) is 18.3 Å². The van der Waals surface area contributed by atoms with Crippen molar-refractivity contribution >= 4 is 0 Å². The van der Waals surface area contributed by atoms with E-state index in [4.69, 9.17) is 10.5 Å². The van der Waals surface area contributed by atoms with Gasteiger partial charge in [-0.05, 0) is 51.4 Å². The molecular formula is C13H20O4. The van der Waals surface area contributed by atoms with Crippen LogP contribution in [0.5, 0.6) is 0 Å². The summed E-state index contributed by atoms with van der Waals surface area (Å²) in [5.41, 5.74) is -1.48. The largest absolute Gasteiger partial charge is 0.250 e. The standard InChI is InChI=1S/C13H20O4/c14-16-12(6-2-1-3-7-12)10-11-13(17-15)8-4-5-9-13/h14-15H,1-9H2. The zero-order valence-electron chi connectivity index (χ0n) is 10.1. The Bertz CT molecular complexity index is 303. The van der Waals surface area contributed by atoms with E-state index < -0.39 is 11.2 Å². The first kappa shape index (κ1) is 12.8. The minimum absolute atomic E-state index is 0.733. The fraction of sp³-hybridized carbons (Fsp3) is 0.846. The van der Waals surface area contributed by atoms with Crippen LogP contribution in [0, 0.1) is 11.8 Å². The normalized spacial score (nSPS) is 26.2. The van der Waals surface area contributed by atoms with Crippen LogP contribution in [0.4, 0.5) is 0 Å². The molecule has 2 fully saturated rings. The van der Waals surface area contributed by atoms with Crippen molar-refractivity contribution in [2.75, 3.05) is 0 Å². The van der Waals surface area contributed by atoms with Crippen LogP contribution in [-0.4, -0.2) is 21.7 Å². The second-order valence-corrected chi connectivity index (χ2v) is 5.19. The van der Waals surface area contributed by atoms with Gasteiger partial charge in [0.2, 0.25) is 0 Å². The first-order valence-corrected chi connectivity index (χ1v) is 6.44. The van der Waals surface area contributed by atoms with Crippen LogP contribution in [0.15, 0.2) is 0 Å². The number of hydrogen-bond donors (Lipinski definition) is 2. The molecule has 96 valence electrons. The topological polar surface area (TPSA) is 58.9 Å². The lowest BCUT2D eigenvalue weighted by atomic mass is 9.84. The molecule has 0 aromatic carbocycles. The van der Waals surface area contributed by atoms with E-state index in [9.17, 15) is 0 Å². The maximum atomic E-state index is 9.07. The summed E-state index contributed by atoms with van der Waals surface area (Å²) in [4.78, 5) is 9.19. The molecule has 4 nitrogen and oxygen atoms in total. The van der Waals surface area contributed by atoms with Gasteiger partial charge < -0.3 is 0 Å². The van der Waals surface area contributed by atoms with Crippen LogP contribution in [0.25, 0.3) is 0 Å². The lowest BCUT2D eigenvalue weighted by molar-refractivity contribution is -0.312. The molecule has 2 aliphatic carbocycles. The minimum atomic E-state index is -0.744. The monoisotopic (exact) mass is 240 g/mol. The molecule has 0 heterocycles. The third-order valence-corrected chi connectivity index (χ3v) is 3.94. The van der Waals surface area contributed by atoms with Crippen molar-refractivity contribution in [2.24, 2.45) is 0 Å². The van der Waals surface area contributed by atoms with Gasteiger partial charge in [-0.15, -0.1) is 0 Å². The van der Waals surface area contributed by atoms with Gasteiger partial charge in [-0.25, -0.2) is 9.78 Å². The molecular weight excluding hydrogens is 220 g/mol. The van der Waals surface area contributed by atoms with Crippen LogP contribution in [0.1, 0.15) is 57.8 Å². The average Bonchev–Trinajstić information content (AvgIpc) is 2.87. The predicted molar refractivity (Wildman–Crippen MR) is 62.2 cm³/mol. The van der Waals surface area contributed by atoms with Gasteiger partial charge in [-0.3, -0.25) is 10.5 Å². The van der Waals surface area contributed by atoms with Crippen molar-refractivity contribution in [3.63, 3.8) is 0 Å². The Balaban J connectivity index is 2.11. The molecule has 0 unspecified atom stereocenters. The van der Waals surface area contributed by atoms with E-state index >= 15 is 0 Å². The van der Waals surface area contributed by atoms with Crippen molar-refractivity contribution in [1.82, 2.24) is 0 Å². The Morgan fingerprint density at radius 1 is 0.647 bits per heavy atom. The van der Waals surface area contributed by atoms with Crippen molar-refractivity contribution in [3.05, 3.63) is 0 Å². The van der Waals surface area contributed by atoms with E-state index in [0.29, 0.717) is 0 Å². The van der Waals surface area contributed by atoms with E-state index in [-0.39, 0.29) is 0 Å². The van der Waals surface area contributed by atoms with Gasteiger partial charge in [-0.2, -0.15) is 0 Å². The third-order valence-electron chi connectivity index (χ3n) is 3.94. The second kappa shape index (κ2) is 5.36. The van der Waals surface area contributed by atoms with E-state index in [1.165, 1.54) is 0 Å². The highest BCUT2D eigenvalue weighted by molar-refractivity contribution is 5.23. The molecule has 0 atom stereocenters. The molecule has 0 saturated heterocycles. The Morgan fingerprint density at radius 3 is 1.35 bits per heavy atom. The molecule has 2 N–H and O–H groups in total. The van der Waals surface area contributed by atoms with Crippen molar-refractivity contribution in [2.45, 2.75) is 69.0 Å². The highest BCUT2D eigenvalue weighted by atomic mass is 17.1. The molecule has 0 bridgehead atoms. The minimum Gasteiger partial charge on any atom is -0.250 e. The first-order chi connectivity index (χ1) is 8.24. The fourth-order valence-electron chi connectivity index (χ4n) is 2.78. The molecule has 0 aromatic heterocycles. The molecule has 2 aliphatic rings. The average molecular weight is 240 g/mol. The van der Waals surface area contributed by atoms with Gasteiger partial charge >= 0.3 is 0 Å². The predicted octanol–water partition coefficient (Wildman–Crippen LogP) is 2.98. The summed E-state index contributed by atoms with van der Waals surface area (Å²) in [6.45, 7) is 0.